The Kier molecular flexibility index (Phi) is 4.29. The number of hydrogen-bond acceptors (Lipinski definition) is 7. The smallest absolute Gasteiger partial charge is 0.196 e. The fourth-order valence-corrected chi connectivity index (χ4v) is 3.57. The fraction of sp³-hybridized carbons (Fsp3) is 0.286. The van der Waals surface area contributed by atoms with E-state index < -0.39 is 0 Å². The van der Waals surface area contributed by atoms with Crippen LogP contribution in [0.15, 0.2) is 53.3 Å². The molecule has 1 saturated heterocycles. The summed E-state index contributed by atoms with van der Waals surface area (Å²) < 4.78 is 11.6. The topological polar surface area (TPSA) is 76.3 Å². The molecule has 1 unspecified atom stereocenters. The summed E-state index contributed by atoms with van der Waals surface area (Å²) in [6.45, 7) is 5.18. The Balaban J connectivity index is 1.33. The number of pyridine rings is 1. The van der Waals surface area contributed by atoms with E-state index >= 15 is 0 Å². The minimum absolute atomic E-state index is 0.237. The Morgan fingerprint density at radius 3 is 2.93 bits per heavy atom. The van der Waals surface area contributed by atoms with Crippen LogP contribution in [0.1, 0.15) is 12.5 Å². The van der Waals surface area contributed by atoms with Gasteiger partial charge in [-0.3, -0.25) is 0 Å². The van der Waals surface area contributed by atoms with Crippen molar-refractivity contribution >= 4 is 33.7 Å². The lowest BCUT2D eigenvalue weighted by molar-refractivity contribution is 0.0529. The molecule has 1 aromatic carbocycles. The molecule has 0 bridgehead atoms. The van der Waals surface area contributed by atoms with Crippen molar-refractivity contribution in [2.45, 2.75) is 19.6 Å². The van der Waals surface area contributed by atoms with Gasteiger partial charge in [0.25, 0.3) is 0 Å². The molecule has 5 rings (SSSR count). The molecule has 7 heteroatoms. The molecular weight excluding hydrogens is 354 g/mol. The second-order valence-electron chi connectivity index (χ2n) is 7.00. The Hall–Kier alpha value is -3.19. The van der Waals surface area contributed by atoms with E-state index in [1.807, 2.05) is 30.5 Å². The van der Waals surface area contributed by atoms with E-state index in [1.54, 1.807) is 6.33 Å². The molecule has 0 amide bonds. The largest absolute Gasteiger partial charge is 0.450 e. The van der Waals surface area contributed by atoms with Gasteiger partial charge in [0.05, 0.1) is 12.7 Å². The highest BCUT2D eigenvalue weighted by Crippen LogP contribution is 2.30. The van der Waals surface area contributed by atoms with Crippen LogP contribution in [0.2, 0.25) is 0 Å². The third kappa shape index (κ3) is 3.14. The number of nitrogens with zero attached hydrogens (tertiary/aromatic N) is 4. The van der Waals surface area contributed by atoms with Gasteiger partial charge in [0.15, 0.2) is 11.4 Å². The SMILES string of the molecule is CC1CN(c2ccc(CNc3ncnc4c3oc3ccccc34)cn2)CCO1. The lowest BCUT2D eigenvalue weighted by Gasteiger charge is -2.32. The number of rotatable bonds is 4. The maximum atomic E-state index is 5.96. The minimum atomic E-state index is 0.237. The summed E-state index contributed by atoms with van der Waals surface area (Å²) in [7, 11) is 0. The number of hydrogen-bond donors (Lipinski definition) is 1. The van der Waals surface area contributed by atoms with E-state index in [2.05, 4.69) is 44.2 Å². The average molecular weight is 375 g/mol. The van der Waals surface area contributed by atoms with Gasteiger partial charge in [0.1, 0.15) is 23.2 Å². The zero-order valence-electron chi connectivity index (χ0n) is 15.6. The van der Waals surface area contributed by atoms with Crippen molar-refractivity contribution < 1.29 is 9.15 Å². The quantitative estimate of drug-likeness (QED) is 0.584. The van der Waals surface area contributed by atoms with Gasteiger partial charge in [-0.05, 0) is 30.7 Å². The highest BCUT2D eigenvalue weighted by molar-refractivity contribution is 6.05. The van der Waals surface area contributed by atoms with Crippen LogP contribution in [0, 0.1) is 0 Å². The van der Waals surface area contributed by atoms with Gasteiger partial charge in [-0.1, -0.05) is 18.2 Å². The summed E-state index contributed by atoms with van der Waals surface area (Å²) in [4.78, 5) is 15.6. The van der Waals surface area contributed by atoms with Crippen LogP contribution in [0.25, 0.3) is 22.1 Å². The summed E-state index contributed by atoms with van der Waals surface area (Å²) in [6, 6.07) is 12.0. The first kappa shape index (κ1) is 16.9. The predicted octanol–water partition coefficient (Wildman–Crippen LogP) is 3.61. The van der Waals surface area contributed by atoms with E-state index in [0.717, 1.165) is 47.6 Å². The molecule has 0 saturated carbocycles. The molecular formula is C21H21N5O2. The third-order valence-corrected chi connectivity index (χ3v) is 4.99. The monoisotopic (exact) mass is 375 g/mol. The maximum Gasteiger partial charge on any atom is 0.196 e. The number of nitrogens with one attached hydrogen (secondary N) is 1. The number of aromatic nitrogens is 3. The minimum Gasteiger partial charge on any atom is -0.450 e. The summed E-state index contributed by atoms with van der Waals surface area (Å²) >= 11 is 0. The highest BCUT2D eigenvalue weighted by Gasteiger charge is 2.18. The van der Waals surface area contributed by atoms with E-state index in [0.29, 0.717) is 17.9 Å². The Morgan fingerprint density at radius 2 is 2.07 bits per heavy atom. The Labute approximate surface area is 162 Å². The number of benzene rings is 1. The first-order valence-corrected chi connectivity index (χ1v) is 9.45. The van der Waals surface area contributed by atoms with Crippen molar-refractivity contribution in [1.82, 2.24) is 15.0 Å². The Morgan fingerprint density at radius 1 is 1.14 bits per heavy atom. The second-order valence-corrected chi connectivity index (χ2v) is 7.00. The third-order valence-electron chi connectivity index (χ3n) is 4.99. The first-order chi connectivity index (χ1) is 13.8. The Bertz CT molecular complexity index is 1110. The van der Waals surface area contributed by atoms with Gasteiger partial charge < -0.3 is 19.4 Å². The van der Waals surface area contributed by atoms with E-state index in [4.69, 9.17) is 9.15 Å². The van der Waals surface area contributed by atoms with Crippen LogP contribution < -0.4 is 10.2 Å². The lowest BCUT2D eigenvalue weighted by Crippen LogP contribution is -2.41. The summed E-state index contributed by atoms with van der Waals surface area (Å²) in [6.07, 6.45) is 3.70. The van der Waals surface area contributed by atoms with E-state index in [-0.39, 0.29) is 6.10 Å². The number of furan rings is 1. The molecule has 0 spiro atoms. The van der Waals surface area contributed by atoms with Gasteiger partial charge in [-0.15, -0.1) is 0 Å². The second kappa shape index (κ2) is 7.09. The number of morpholine rings is 1. The van der Waals surface area contributed by atoms with E-state index in [1.165, 1.54) is 0 Å². The van der Waals surface area contributed by atoms with Crippen LogP contribution >= 0.6 is 0 Å². The van der Waals surface area contributed by atoms with Crippen molar-refractivity contribution in [1.29, 1.82) is 0 Å². The summed E-state index contributed by atoms with van der Waals surface area (Å²) in [5.74, 6) is 1.67. The molecule has 4 heterocycles. The van der Waals surface area contributed by atoms with Crippen LogP contribution in [0.4, 0.5) is 11.6 Å². The molecule has 1 aliphatic heterocycles. The van der Waals surface area contributed by atoms with Crippen LogP contribution in [0.3, 0.4) is 0 Å². The van der Waals surface area contributed by atoms with Gasteiger partial charge in [0.2, 0.25) is 0 Å². The van der Waals surface area contributed by atoms with Gasteiger partial charge in [-0.25, -0.2) is 15.0 Å². The van der Waals surface area contributed by atoms with Gasteiger partial charge in [-0.2, -0.15) is 0 Å². The maximum absolute atomic E-state index is 5.96. The first-order valence-electron chi connectivity index (χ1n) is 9.45. The van der Waals surface area contributed by atoms with Crippen molar-refractivity contribution in [2.75, 3.05) is 29.9 Å². The molecule has 1 fully saturated rings. The lowest BCUT2D eigenvalue weighted by atomic mass is 10.2. The van der Waals surface area contributed by atoms with Gasteiger partial charge >= 0.3 is 0 Å². The molecule has 1 N–H and O–H groups in total. The molecule has 1 aliphatic rings. The number of ether oxygens (including phenoxy) is 1. The molecule has 7 nitrogen and oxygen atoms in total. The zero-order chi connectivity index (χ0) is 18.9. The zero-order valence-corrected chi connectivity index (χ0v) is 15.6. The van der Waals surface area contributed by atoms with Crippen molar-refractivity contribution in [3.05, 3.63) is 54.5 Å². The average Bonchev–Trinajstić information content (AvgIpc) is 3.12. The number of fused-ring (bicyclic) bond motifs is 3. The number of anilines is 2. The highest BCUT2D eigenvalue weighted by atomic mass is 16.5. The van der Waals surface area contributed by atoms with Crippen LogP contribution in [-0.4, -0.2) is 40.8 Å². The van der Waals surface area contributed by atoms with Crippen LogP contribution in [0.5, 0.6) is 0 Å². The molecule has 3 aromatic heterocycles. The summed E-state index contributed by atoms with van der Waals surface area (Å²) in [5, 5.41) is 4.35. The molecule has 28 heavy (non-hydrogen) atoms. The van der Waals surface area contributed by atoms with Crippen molar-refractivity contribution in [3.8, 4) is 0 Å². The van der Waals surface area contributed by atoms with Crippen LogP contribution in [-0.2, 0) is 11.3 Å². The van der Waals surface area contributed by atoms with Gasteiger partial charge in [0, 0.05) is 31.2 Å². The molecule has 1 atom stereocenters. The molecule has 0 radical (unpaired) electrons. The van der Waals surface area contributed by atoms with E-state index in [9.17, 15) is 0 Å². The molecule has 4 aromatic rings. The van der Waals surface area contributed by atoms with Crippen molar-refractivity contribution in [2.24, 2.45) is 0 Å². The molecule has 142 valence electrons. The number of para-hydroxylation sites is 1. The van der Waals surface area contributed by atoms with Crippen molar-refractivity contribution in [3.63, 3.8) is 0 Å². The predicted molar refractivity (Wildman–Crippen MR) is 109 cm³/mol. The fourth-order valence-electron chi connectivity index (χ4n) is 3.57. The standard InChI is InChI=1S/C21H21N5O2/c1-14-12-26(8-9-27-14)18-7-6-15(10-22-18)11-23-21-20-19(24-13-25-21)16-4-2-3-5-17(16)28-20/h2-7,10,13-14H,8-9,11-12H2,1H3,(H,23,24,25). The normalized spacial score (nSPS) is 17.3. The summed E-state index contributed by atoms with van der Waals surface area (Å²) in [5.41, 5.74) is 3.39. The molecule has 0 aliphatic carbocycles.